The van der Waals surface area contributed by atoms with Crippen molar-refractivity contribution in [3.8, 4) is 0 Å². The van der Waals surface area contributed by atoms with E-state index in [1.807, 2.05) is 0 Å². The van der Waals surface area contributed by atoms with Gasteiger partial charge in [0.25, 0.3) is 0 Å². The first kappa shape index (κ1) is 14.7. The van der Waals surface area contributed by atoms with Crippen molar-refractivity contribution in [1.82, 2.24) is 0 Å². The van der Waals surface area contributed by atoms with Crippen molar-refractivity contribution in [3.63, 3.8) is 0 Å². The zero-order chi connectivity index (χ0) is 12.1. The molecule has 0 rings (SSSR count). The van der Waals surface area contributed by atoms with Gasteiger partial charge in [0, 0.05) is 5.41 Å². The molecule has 0 fully saturated rings. The predicted molar refractivity (Wildman–Crippen MR) is 66.9 cm³/mol. The zero-order valence-electron chi connectivity index (χ0n) is 11.3. The Hall–Kier alpha value is -0.330. The first-order valence-electron chi connectivity index (χ1n) is 6.27. The van der Waals surface area contributed by atoms with E-state index in [9.17, 15) is 4.79 Å². The Balaban J connectivity index is 4.66. The Morgan fingerprint density at radius 2 is 1.07 bits per heavy atom. The van der Waals surface area contributed by atoms with Gasteiger partial charge in [-0.2, -0.15) is 0 Å². The van der Waals surface area contributed by atoms with E-state index in [2.05, 4.69) is 41.5 Å². The summed E-state index contributed by atoms with van der Waals surface area (Å²) < 4.78 is 0. The van der Waals surface area contributed by atoms with Crippen LogP contribution in [0.3, 0.4) is 0 Å². The van der Waals surface area contributed by atoms with Crippen LogP contribution >= 0.6 is 0 Å². The quantitative estimate of drug-likeness (QED) is 0.575. The third-order valence-electron chi connectivity index (χ3n) is 2.69. The molecule has 0 spiro atoms. The molecule has 0 aliphatic heterocycles. The molecular weight excluding hydrogens is 184 g/mol. The molecule has 0 aromatic carbocycles. The maximum Gasteiger partial charge on any atom is 0.126 e. The Morgan fingerprint density at radius 3 is 1.20 bits per heavy atom. The lowest BCUT2D eigenvalue weighted by atomic mass is 9.70. The van der Waals surface area contributed by atoms with E-state index in [0.29, 0.717) is 17.8 Å². The summed E-state index contributed by atoms with van der Waals surface area (Å²) in [6.45, 7) is 13.2. The highest BCUT2D eigenvalue weighted by Crippen LogP contribution is 2.37. The normalized spacial score (nSPS) is 12.9. The van der Waals surface area contributed by atoms with E-state index in [0.717, 1.165) is 19.3 Å². The molecule has 0 radical (unpaired) electrons. The monoisotopic (exact) mass is 212 g/mol. The minimum atomic E-state index is -0.0729. The lowest BCUT2D eigenvalue weighted by molar-refractivity contribution is -0.119. The molecule has 0 aromatic heterocycles. The fourth-order valence-corrected chi connectivity index (χ4v) is 2.83. The van der Waals surface area contributed by atoms with Crippen LogP contribution in [0.1, 0.15) is 60.8 Å². The van der Waals surface area contributed by atoms with Gasteiger partial charge in [-0.15, -0.1) is 0 Å². The van der Waals surface area contributed by atoms with Crippen molar-refractivity contribution < 1.29 is 4.79 Å². The summed E-state index contributed by atoms with van der Waals surface area (Å²) in [6.07, 6.45) is 4.33. The van der Waals surface area contributed by atoms with Crippen LogP contribution < -0.4 is 0 Å². The van der Waals surface area contributed by atoms with Crippen LogP contribution in [0.5, 0.6) is 0 Å². The molecule has 0 heterocycles. The van der Waals surface area contributed by atoms with Crippen molar-refractivity contribution in [3.05, 3.63) is 0 Å². The number of aldehydes is 1. The molecule has 1 heteroatoms. The van der Waals surface area contributed by atoms with Gasteiger partial charge in [-0.05, 0) is 37.0 Å². The summed E-state index contributed by atoms with van der Waals surface area (Å²) in [7, 11) is 0. The second-order valence-corrected chi connectivity index (χ2v) is 6.27. The molecule has 0 N–H and O–H groups in total. The van der Waals surface area contributed by atoms with E-state index in [-0.39, 0.29) is 5.41 Å². The van der Waals surface area contributed by atoms with Gasteiger partial charge < -0.3 is 4.79 Å². The average molecular weight is 212 g/mol. The molecule has 0 saturated heterocycles. The number of hydrogen-bond acceptors (Lipinski definition) is 1. The molecule has 0 unspecified atom stereocenters. The topological polar surface area (TPSA) is 17.1 Å². The summed E-state index contributed by atoms with van der Waals surface area (Å²) in [5.74, 6) is 1.81. The second kappa shape index (κ2) is 6.30. The van der Waals surface area contributed by atoms with Gasteiger partial charge in [-0.3, -0.25) is 0 Å². The molecule has 90 valence electrons. The zero-order valence-corrected chi connectivity index (χ0v) is 11.3. The summed E-state index contributed by atoms with van der Waals surface area (Å²) in [5.41, 5.74) is -0.0729. The molecule has 0 aromatic rings. The van der Waals surface area contributed by atoms with Gasteiger partial charge >= 0.3 is 0 Å². The summed E-state index contributed by atoms with van der Waals surface area (Å²) in [4.78, 5) is 11.4. The van der Waals surface area contributed by atoms with Gasteiger partial charge in [0.2, 0.25) is 0 Å². The smallest absolute Gasteiger partial charge is 0.126 e. The van der Waals surface area contributed by atoms with E-state index in [1.165, 1.54) is 6.29 Å². The summed E-state index contributed by atoms with van der Waals surface area (Å²) >= 11 is 0. The van der Waals surface area contributed by atoms with E-state index >= 15 is 0 Å². The SMILES string of the molecule is CC(C)CC(C=O)(CC(C)C)CC(C)C. The van der Waals surface area contributed by atoms with Gasteiger partial charge in [0.05, 0.1) is 0 Å². The minimum Gasteiger partial charge on any atom is -0.303 e. The Morgan fingerprint density at radius 1 is 0.800 bits per heavy atom. The van der Waals surface area contributed by atoms with Gasteiger partial charge in [-0.1, -0.05) is 41.5 Å². The van der Waals surface area contributed by atoms with Crippen molar-refractivity contribution in [2.24, 2.45) is 23.2 Å². The summed E-state index contributed by atoms with van der Waals surface area (Å²) in [5, 5.41) is 0. The number of carbonyl (C=O) groups excluding carboxylic acids is 1. The lowest BCUT2D eigenvalue weighted by Gasteiger charge is -2.33. The largest absolute Gasteiger partial charge is 0.303 e. The van der Waals surface area contributed by atoms with Crippen LogP contribution in [0, 0.1) is 23.2 Å². The average Bonchev–Trinajstić information content (AvgIpc) is 1.99. The molecule has 1 nitrogen and oxygen atoms in total. The van der Waals surface area contributed by atoms with E-state index < -0.39 is 0 Å². The van der Waals surface area contributed by atoms with E-state index in [4.69, 9.17) is 0 Å². The van der Waals surface area contributed by atoms with Crippen LogP contribution in [0.25, 0.3) is 0 Å². The second-order valence-electron chi connectivity index (χ2n) is 6.27. The van der Waals surface area contributed by atoms with Crippen LogP contribution in [-0.4, -0.2) is 6.29 Å². The maximum absolute atomic E-state index is 11.4. The lowest BCUT2D eigenvalue weighted by Crippen LogP contribution is -2.28. The summed E-state index contributed by atoms with van der Waals surface area (Å²) in [6, 6.07) is 0. The fraction of sp³-hybridized carbons (Fsp3) is 0.929. The predicted octanol–water partition coefficient (Wildman–Crippen LogP) is 4.31. The first-order chi connectivity index (χ1) is 6.81. The number of rotatable bonds is 7. The Kier molecular flexibility index (Phi) is 6.16. The van der Waals surface area contributed by atoms with Gasteiger partial charge in [0.1, 0.15) is 6.29 Å². The van der Waals surface area contributed by atoms with Crippen LogP contribution in [-0.2, 0) is 4.79 Å². The third-order valence-corrected chi connectivity index (χ3v) is 2.69. The van der Waals surface area contributed by atoms with E-state index in [1.54, 1.807) is 0 Å². The molecule has 15 heavy (non-hydrogen) atoms. The number of hydrogen-bond donors (Lipinski definition) is 0. The Labute approximate surface area is 95.6 Å². The third kappa shape index (κ3) is 5.96. The molecule has 0 aliphatic carbocycles. The van der Waals surface area contributed by atoms with Crippen molar-refractivity contribution in [2.45, 2.75) is 60.8 Å². The molecule has 0 bridgehead atoms. The highest BCUT2D eigenvalue weighted by Gasteiger charge is 2.32. The fourth-order valence-electron chi connectivity index (χ4n) is 2.83. The molecule has 0 amide bonds. The number of carbonyl (C=O) groups is 1. The standard InChI is InChI=1S/C14H28O/c1-11(2)7-14(10-15,8-12(3)4)9-13(5)6/h10-13H,7-9H2,1-6H3. The van der Waals surface area contributed by atoms with Gasteiger partial charge in [-0.25, -0.2) is 0 Å². The van der Waals surface area contributed by atoms with Gasteiger partial charge in [0.15, 0.2) is 0 Å². The van der Waals surface area contributed by atoms with Crippen molar-refractivity contribution >= 4 is 6.29 Å². The van der Waals surface area contributed by atoms with Crippen LogP contribution in [0.2, 0.25) is 0 Å². The molecular formula is C14H28O. The first-order valence-corrected chi connectivity index (χ1v) is 6.27. The van der Waals surface area contributed by atoms with Crippen LogP contribution in [0.15, 0.2) is 0 Å². The maximum atomic E-state index is 11.4. The molecule has 0 aliphatic rings. The van der Waals surface area contributed by atoms with Crippen LogP contribution in [0.4, 0.5) is 0 Å². The minimum absolute atomic E-state index is 0.0729. The van der Waals surface area contributed by atoms with Crippen molar-refractivity contribution in [1.29, 1.82) is 0 Å². The van der Waals surface area contributed by atoms with Crippen molar-refractivity contribution in [2.75, 3.05) is 0 Å². The molecule has 0 atom stereocenters. The Bertz CT molecular complexity index is 153. The highest BCUT2D eigenvalue weighted by atomic mass is 16.1. The molecule has 0 saturated carbocycles. The highest BCUT2D eigenvalue weighted by molar-refractivity contribution is 5.59.